The second-order valence-electron chi connectivity index (χ2n) is 4.88. The number of hydrogen-bond acceptors (Lipinski definition) is 2. The number of aromatic nitrogens is 2. The molecule has 0 saturated carbocycles. The molecular weight excluding hydrogens is 234 g/mol. The van der Waals surface area contributed by atoms with Gasteiger partial charge in [-0.15, -0.1) is 0 Å². The zero-order chi connectivity index (χ0) is 13.1. The molecule has 3 aromatic rings. The zero-order valence-corrected chi connectivity index (χ0v) is 11.0. The van der Waals surface area contributed by atoms with Crippen molar-refractivity contribution in [2.24, 2.45) is 0 Å². The molecule has 0 aliphatic heterocycles. The van der Waals surface area contributed by atoms with E-state index in [1.165, 1.54) is 22.0 Å². The van der Waals surface area contributed by atoms with Gasteiger partial charge in [0.05, 0.1) is 0 Å². The summed E-state index contributed by atoms with van der Waals surface area (Å²) in [5, 5.41) is 1.31. The van der Waals surface area contributed by atoms with Gasteiger partial charge in [0.15, 0.2) is 0 Å². The van der Waals surface area contributed by atoms with E-state index in [-0.39, 0.29) is 0 Å². The SMILES string of the molecule is CN(Cc1ccncc1)Cc1cccc2[nH]ccc12. The van der Waals surface area contributed by atoms with Gasteiger partial charge < -0.3 is 4.98 Å². The average molecular weight is 251 g/mol. The zero-order valence-electron chi connectivity index (χ0n) is 11.0. The first kappa shape index (κ1) is 11.9. The second kappa shape index (κ2) is 5.24. The third kappa shape index (κ3) is 2.66. The van der Waals surface area contributed by atoms with Crippen LogP contribution in [0.25, 0.3) is 10.9 Å². The van der Waals surface area contributed by atoms with Crippen LogP contribution in [0.15, 0.2) is 55.0 Å². The molecule has 0 saturated heterocycles. The Morgan fingerprint density at radius 2 is 1.89 bits per heavy atom. The molecule has 1 N–H and O–H groups in total. The van der Waals surface area contributed by atoms with E-state index in [2.05, 4.69) is 58.3 Å². The average Bonchev–Trinajstić information content (AvgIpc) is 2.89. The van der Waals surface area contributed by atoms with Crippen molar-refractivity contribution < 1.29 is 0 Å². The number of benzene rings is 1. The van der Waals surface area contributed by atoms with Crippen LogP contribution in [0.3, 0.4) is 0 Å². The molecule has 3 rings (SSSR count). The largest absolute Gasteiger partial charge is 0.361 e. The molecule has 19 heavy (non-hydrogen) atoms. The minimum atomic E-state index is 0.934. The quantitative estimate of drug-likeness (QED) is 0.772. The van der Waals surface area contributed by atoms with Gasteiger partial charge >= 0.3 is 0 Å². The third-order valence-electron chi connectivity index (χ3n) is 3.33. The topological polar surface area (TPSA) is 31.9 Å². The molecule has 0 spiro atoms. The van der Waals surface area contributed by atoms with Gasteiger partial charge in [0.1, 0.15) is 0 Å². The number of fused-ring (bicyclic) bond motifs is 1. The Hall–Kier alpha value is -2.13. The highest BCUT2D eigenvalue weighted by Gasteiger charge is 2.05. The lowest BCUT2D eigenvalue weighted by atomic mass is 10.1. The Morgan fingerprint density at radius 3 is 2.74 bits per heavy atom. The summed E-state index contributed by atoms with van der Waals surface area (Å²) in [5.41, 5.74) is 3.85. The van der Waals surface area contributed by atoms with E-state index in [1.807, 2.05) is 18.6 Å². The molecule has 96 valence electrons. The van der Waals surface area contributed by atoms with Crippen LogP contribution in [0.4, 0.5) is 0 Å². The predicted molar refractivity (Wildman–Crippen MR) is 77.7 cm³/mol. The van der Waals surface area contributed by atoms with E-state index in [4.69, 9.17) is 0 Å². The van der Waals surface area contributed by atoms with E-state index in [1.54, 1.807) is 0 Å². The van der Waals surface area contributed by atoms with Gasteiger partial charge in [-0.3, -0.25) is 9.88 Å². The molecule has 3 nitrogen and oxygen atoms in total. The molecule has 0 radical (unpaired) electrons. The molecular formula is C16H17N3. The van der Waals surface area contributed by atoms with Crippen LogP contribution < -0.4 is 0 Å². The van der Waals surface area contributed by atoms with E-state index in [9.17, 15) is 0 Å². The van der Waals surface area contributed by atoms with Crippen molar-refractivity contribution in [3.8, 4) is 0 Å². The van der Waals surface area contributed by atoms with Crippen molar-refractivity contribution in [3.63, 3.8) is 0 Å². The fraction of sp³-hybridized carbons (Fsp3) is 0.188. The molecule has 0 aliphatic rings. The number of pyridine rings is 1. The molecule has 2 heterocycles. The van der Waals surface area contributed by atoms with Crippen LogP contribution in [0.5, 0.6) is 0 Å². The number of hydrogen-bond donors (Lipinski definition) is 1. The van der Waals surface area contributed by atoms with Gasteiger partial charge in [-0.1, -0.05) is 12.1 Å². The number of nitrogens with zero attached hydrogens (tertiary/aromatic N) is 2. The third-order valence-corrected chi connectivity index (χ3v) is 3.33. The van der Waals surface area contributed by atoms with Gasteiger partial charge in [0.2, 0.25) is 0 Å². The Bertz CT molecular complexity index is 658. The summed E-state index contributed by atoms with van der Waals surface area (Å²) in [4.78, 5) is 9.62. The van der Waals surface area contributed by atoms with Gasteiger partial charge in [0, 0.05) is 42.6 Å². The van der Waals surface area contributed by atoms with E-state index < -0.39 is 0 Å². The Morgan fingerprint density at radius 1 is 1.05 bits per heavy atom. The fourth-order valence-corrected chi connectivity index (χ4v) is 2.43. The maximum atomic E-state index is 4.05. The van der Waals surface area contributed by atoms with Crippen molar-refractivity contribution in [2.75, 3.05) is 7.05 Å². The van der Waals surface area contributed by atoms with Crippen molar-refractivity contribution in [1.29, 1.82) is 0 Å². The fourth-order valence-electron chi connectivity index (χ4n) is 2.43. The van der Waals surface area contributed by atoms with Gasteiger partial charge in [-0.25, -0.2) is 0 Å². The highest BCUT2D eigenvalue weighted by atomic mass is 15.1. The lowest BCUT2D eigenvalue weighted by Crippen LogP contribution is -2.17. The molecule has 2 aromatic heterocycles. The summed E-state index contributed by atoms with van der Waals surface area (Å²) in [6, 6.07) is 12.7. The molecule has 1 aromatic carbocycles. The van der Waals surface area contributed by atoms with Crippen LogP contribution in [0.2, 0.25) is 0 Å². The molecule has 0 aliphatic carbocycles. The summed E-state index contributed by atoms with van der Waals surface area (Å²) in [7, 11) is 2.14. The maximum Gasteiger partial charge on any atom is 0.0457 e. The van der Waals surface area contributed by atoms with Crippen LogP contribution in [0.1, 0.15) is 11.1 Å². The van der Waals surface area contributed by atoms with Crippen molar-refractivity contribution in [1.82, 2.24) is 14.9 Å². The molecule has 0 bridgehead atoms. The summed E-state index contributed by atoms with van der Waals surface area (Å²) in [6.45, 7) is 1.88. The summed E-state index contributed by atoms with van der Waals surface area (Å²) in [5.74, 6) is 0. The highest BCUT2D eigenvalue weighted by molar-refractivity contribution is 5.82. The first-order valence-corrected chi connectivity index (χ1v) is 6.45. The van der Waals surface area contributed by atoms with Crippen LogP contribution in [-0.4, -0.2) is 21.9 Å². The number of H-pyrrole nitrogens is 1. The minimum absolute atomic E-state index is 0.934. The number of rotatable bonds is 4. The van der Waals surface area contributed by atoms with Crippen molar-refractivity contribution >= 4 is 10.9 Å². The molecule has 0 amide bonds. The standard InChI is InChI=1S/C16H17N3/c1-19(11-13-5-8-17-9-6-13)12-14-3-2-4-16-15(14)7-10-18-16/h2-10,18H,11-12H2,1H3. The molecule has 0 fully saturated rings. The summed E-state index contributed by atoms with van der Waals surface area (Å²) >= 11 is 0. The molecule has 0 unspecified atom stereocenters. The Balaban J connectivity index is 1.76. The normalized spacial score (nSPS) is 11.3. The van der Waals surface area contributed by atoms with Gasteiger partial charge in [-0.05, 0) is 42.4 Å². The summed E-state index contributed by atoms with van der Waals surface area (Å²) in [6.07, 6.45) is 5.68. The summed E-state index contributed by atoms with van der Waals surface area (Å²) < 4.78 is 0. The van der Waals surface area contributed by atoms with Crippen LogP contribution in [-0.2, 0) is 13.1 Å². The Labute approximate surface area is 112 Å². The van der Waals surface area contributed by atoms with E-state index >= 15 is 0 Å². The predicted octanol–water partition coefficient (Wildman–Crippen LogP) is 3.19. The highest BCUT2D eigenvalue weighted by Crippen LogP contribution is 2.19. The van der Waals surface area contributed by atoms with Crippen molar-refractivity contribution in [2.45, 2.75) is 13.1 Å². The monoisotopic (exact) mass is 251 g/mol. The number of aromatic amines is 1. The van der Waals surface area contributed by atoms with Gasteiger partial charge in [0.25, 0.3) is 0 Å². The van der Waals surface area contributed by atoms with Gasteiger partial charge in [-0.2, -0.15) is 0 Å². The van der Waals surface area contributed by atoms with E-state index in [0.29, 0.717) is 0 Å². The van der Waals surface area contributed by atoms with Crippen molar-refractivity contribution in [3.05, 3.63) is 66.1 Å². The molecule has 3 heteroatoms. The lowest BCUT2D eigenvalue weighted by Gasteiger charge is -2.17. The molecule has 0 atom stereocenters. The number of nitrogens with one attached hydrogen (secondary N) is 1. The first-order valence-electron chi connectivity index (χ1n) is 6.45. The minimum Gasteiger partial charge on any atom is -0.361 e. The lowest BCUT2D eigenvalue weighted by molar-refractivity contribution is 0.320. The smallest absolute Gasteiger partial charge is 0.0457 e. The first-order chi connectivity index (χ1) is 9.33. The van der Waals surface area contributed by atoms with E-state index in [0.717, 1.165) is 13.1 Å². The maximum absolute atomic E-state index is 4.05. The second-order valence-corrected chi connectivity index (χ2v) is 4.88. The Kier molecular flexibility index (Phi) is 3.29. The van der Waals surface area contributed by atoms with Crippen LogP contribution in [0, 0.1) is 0 Å². The van der Waals surface area contributed by atoms with Crippen LogP contribution >= 0.6 is 0 Å².